The summed E-state index contributed by atoms with van der Waals surface area (Å²) in [6.07, 6.45) is 0. The molecule has 0 atom stereocenters. The molecule has 2 aromatic carbocycles. The standard InChI is InChI=1S/C15H12FNO3/c1-9-4-2-5-10(8-9)14(18)17-13-11(15(19)20)6-3-7-12(13)16/h2-8H,1H3,(H,17,18)(H,19,20). The molecule has 0 aliphatic carbocycles. The van der Waals surface area contributed by atoms with Crippen molar-refractivity contribution < 1.29 is 19.1 Å². The maximum Gasteiger partial charge on any atom is 0.337 e. The van der Waals surface area contributed by atoms with Gasteiger partial charge >= 0.3 is 5.97 Å². The van der Waals surface area contributed by atoms with Gasteiger partial charge in [0.15, 0.2) is 0 Å². The van der Waals surface area contributed by atoms with Crippen molar-refractivity contribution in [2.75, 3.05) is 5.32 Å². The summed E-state index contributed by atoms with van der Waals surface area (Å²) in [4.78, 5) is 23.1. The van der Waals surface area contributed by atoms with Crippen molar-refractivity contribution in [1.82, 2.24) is 0 Å². The van der Waals surface area contributed by atoms with E-state index in [4.69, 9.17) is 5.11 Å². The summed E-state index contributed by atoms with van der Waals surface area (Å²) in [5.74, 6) is -2.64. The molecular weight excluding hydrogens is 261 g/mol. The van der Waals surface area contributed by atoms with Crippen LogP contribution in [0.15, 0.2) is 42.5 Å². The second-order valence-electron chi connectivity index (χ2n) is 4.29. The molecule has 0 aliphatic heterocycles. The summed E-state index contributed by atoms with van der Waals surface area (Å²) in [7, 11) is 0. The lowest BCUT2D eigenvalue weighted by molar-refractivity contribution is 0.0697. The lowest BCUT2D eigenvalue weighted by atomic mass is 10.1. The van der Waals surface area contributed by atoms with E-state index in [2.05, 4.69) is 5.32 Å². The minimum atomic E-state index is -1.30. The number of aryl methyl sites for hydroxylation is 1. The molecule has 20 heavy (non-hydrogen) atoms. The highest BCUT2D eigenvalue weighted by Gasteiger charge is 2.17. The van der Waals surface area contributed by atoms with Crippen LogP contribution in [0.3, 0.4) is 0 Å². The second-order valence-corrected chi connectivity index (χ2v) is 4.29. The van der Waals surface area contributed by atoms with Gasteiger partial charge in [-0.2, -0.15) is 0 Å². The van der Waals surface area contributed by atoms with Gasteiger partial charge in [0.25, 0.3) is 5.91 Å². The Hall–Kier alpha value is -2.69. The van der Waals surface area contributed by atoms with E-state index in [0.29, 0.717) is 5.56 Å². The van der Waals surface area contributed by atoms with Crippen LogP contribution in [0.1, 0.15) is 26.3 Å². The van der Waals surface area contributed by atoms with Gasteiger partial charge in [-0.25, -0.2) is 9.18 Å². The Morgan fingerprint density at radius 3 is 2.50 bits per heavy atom. The van der Waals surface area contributed by atoms with Crippen molar-refractivity contribution in [2.24, 2.45) is 0 Å². The van der Waals surface area contributed by atoms with Gasteiger partial charge in [-0.05, 0) is 31.2 Å². The highest BCUT2D eigenvalue weighted by Crippen LogP contribution is 2.21. The Labute approximate surface area is 114 Å². The summed E-state index contributed by atoms with van der Waals surface area (Å²) in [6, 6.07) is 10.3. The number of rotatable bonds is 3. The maximum atomic E-state index is 13.7. The first-order valence-corrected chi connectivity index (χ1v) is 5.89. The largest absolute Gasteiger partial charge is 0.478 e. The molecule has 2 rings (SSSR count). The predicted molar refractivity (Wildman–Crippen MR) is 72.5 cm³/mol. The number of amides is 1. The molecular formula is C15H12FNO3. The minimum Gasteiger partial charge on any atom is -0.478 e. The fourth-order valence-electron chi connectivity index (χ4n) is 1.80. The lowest BCUT2D eigenvalue weighted by Gasteiger charge is -2.09. The van der Waals surface area contributed by atoms with E-state index in [1.807, 2.05) is 13.0 Å². The zero-order chi connectivity index (χ0) is 14.7. The molecule has 0 fully saturated rings. The van der Waals surface area contributed by atoms with Crippen molar-refractivity contribution in [3.8, 4) is 0 Å². The van der Waals surface area contributed by atoms with Gasteiger partial charge in [-0.3, -0.25) is 4.79 Å². The molecule has 2 aromatic rings. The molecule has 0 aliphatic rings. The summed E-state index contributed by atoms with van der Waals surface area (Å²) in [5.41, 5.74) is 0.603. The molecule has 0 saturated heterocycles. The molecule has 0 unspecified atom stereocenters. The number of carbonyl (C=O) groups is 2. The van der Waals surface area contributed by atoms with E-state index in [-0.39, 0.29) is 11.3 Å². The highest BCUT2D eigenvalue weighted by atomic mass is 19.1. The first kappa shape index (κ1) is 13.7. The number of carbonyl (C=O) groups excluding carboxylic acids is 1. The molecule has 2 N–H and O–H groups in total. The van der Waals surface area contributed by atoms with Gasteiger partial charge in [-0.1, -0.05) is 23.8 Å². The van der Waals surface area contributed by atoms with E-state index in [1.165, 1.54) is 12.1 Å². The molecule has 1 amide bonds. The van der Waals surface area contributed by atoms with Crippen molar-refractivity contribution in [1.29, 1.82) is 0 Å². The van der Waals surface area contributed by atoms with Crippen LogP contribution >= 0.6 is 0 Å². The molecule has 0 bridgehead atoms. The smallest absolute Gasteiger partial charge is 0.337 e. The quantitative estimate of drug-likeness (QED) is 0.903. The maximum absolute atomic E-state index is 13.7. The number of benzene rings is 2. The topological polar surface area (TPSA) is 66.4 Å². The number of hydrogen-bond acceptors (Lipinski definition) is 2. The van der Waals surface area contributed by atoms with Crippen LogP contribution < -0.4 is 5.32 Å². The van der Waals surface area contributed by atoms with Crippen LogP contribution in [0.5, 0.6) is 0 Å². The summed E-state index contributed by atoms with van der Waals surface area (Å²) in [6.45, 7) is 1.82. The summed E-state index contributed by atoms with van der Waals surface area (Å²) in [5, 5.41) is 11.3. The summed E-state index contributed by atoms with van der Waals surface area (Å²) >= 11 is 0. The Morgan fingerprint density at radius 2 is 1.85 bits per heavy atom. The fraction of sp³-hybridized carbons (Fsp3) is 0.0667. The van der Waals surface area contributed by atoms with E-state index in [1.54, 1.807) is 18.2 Å². The first-order chi connectivity index (χ1) is 9.49. The van der Waals surface area contributed by atoms with Gasteiger partial charge in [0.1, 0.15) is 5.82 Å². The van der Waals surface area contributed by atoms with Crippen molar-refractivity contribution in [2.45, 2.75) is 6.92 Å². The molecule has 102 valence electrons. The van der Waals surface area contributed by atoms with E-state index in [0.717, 1.165) is 11.6 Å². The molecule has 0 saturated carbocycles. The highest BCUT2D eigenvalue weighted by molar-refractivity contribution is 6.07. The van der Waals surface area contributed by atoms with Crippen LogP contribution in [0.4, 0.5) is 10.1 Å². The van der Waals surface area contributed by atoms with E-state index < -0.39 is 17.7 Å². The molecule has 0 aromatic heterocycles. The average molecular weight is 273 g/mol. The van der Waals surface area contributed by atoms with Crippen molar-refractivity contribution in [3.05, 3.63) is 65.0 Å². The van der Waals surface area contributed by atoms with Gasteiger partial charge in [0, 0.05) is 5.56 Å². The first-order valence-electron chi connectivity index (χ1n) is 5.89. The number of aromatic carboxylic acids is 1. The SMILES string of the molecule is Cc1cccc(C(=O)Nc2c(F)cccc2C(=O)O)c1. The van der Waals surface area contributed by atoms with Gasteiger partial charge in [0.2, 0.25) is 0 Å². The Kier molecular flexibility index (Phi) is 3.79. The number of carboxylic acid groups (broad SMARTS) is 1. The number of halogens is 1. The lowest BCUT2D eigenvalue weighted by Crippen LogP contribution is -2.16. The minimum absolute atomic E-state index is 0.286. The predicted octanol–water partition coefficient (Wildman–Crippen LogP) is 3.08. The van der Waals surface area contributed by atoms with Crippen molar-refractivity contribution >= 4 is 17.6 Å². The number of anilines is 1. The normalized spacial score (nSPS) is 10.1. The molecule has 0 spiro atoms. The van der Waals surface area contributed by atoms with Crippen LogP contribution in [0.25, 0.3) is 0 Å². The molecule has 0 heterocycles. The third-order valence-electron chi connectivity index (χ3n) is 2.76. The average Bonchev–Trinajstić information content (AvgIpc) is 2.40. The van der Waals surface area contributed by atoms with Gasteiger partial charge in [-0.15, -0.1) is 0 Å². The second kappa shape index (κ2) is 5.52. The molecule has 4 nitrogen and oxygen atoms in total. The van der Waals surface area contributed by atoms with Crippen LogP contribution in [0, 0.1) is 12.7 Å². The van der Waals surface area contributed by atoms with E-state index >= 15 is 0 Å². The number of carboxylic acids is 1. The Morgan fingerprint density at radius 1 is 1.15 bits per heavy atom. The zero-order valence-corrected chi connectivity index (χ0v) is 10.7. The fourth-order valence-corrected chi connectivity index (χ4v) is 1.80. The number of nitrogens with one attached hydrogen (secondary N) is 1. The van der Waals surface area contributed by atoms with E-state index in [9.17, 15) is 14.0 Å². The Bertz CT molecular complexity index is 683. The molecule has 0 radical (unpaired) electrons. The third-order valence-corrected chi connectivity index (χ3v) is 2.76. The zero-order valence-electron chi connectivity index (χ0n) is 10.7. The Balaban J connectivity index is 2.35. The summed E-state index contributed by atoms with van der Waals surface area (Å²) < 4.78 is 13.7. The molecule has 5 heteroatoms. The monoisotopic (exact) mass is 273 g/mol. The van der Waals surface area contributed by atoms with Gasteiger partial charge in [0.05, 0.1) is 11.3 Å². The number of para-hydroxylation sites is 1. The van der Waals surface area contributed by atoms with Crippen LogP contribution in [-0.4, -0.2) is 17.0 Å². The van der Waals surface area contributed by atoms with Crippen molar-refractivity contribution in [3.63, 3.8) is 0 Å². The number of hydrogen-bond donors (Lipinski definition) is 2. The van der Waals surface area contributed by atoms with Crippen LogP contribution in [0.2, 0.25) is 0 Å². The van der Waals surface area contributed by atoms with Crippen LogP contribution in [-0.2, 0) is 0 Å². The van der Waals surface area contributed by atoms with Gasteiger partial charge < -0.3 is 10.4 Å². The third kappa shape index (κ3) is 2.83.